The first-order valence-corrected chi connectivity index (χ1v) is 7.32. The minimum atomic E-state index is -0.532. The van der Waals surface area contributed by atoms with Crippen LogP contribution < -0.4 is 15.2 Å². The maximum Gasteiger partial charge on any atom is 0.152 e. The van der Waals surface area contributed by atoms with Gasteiger partial charge in [-0.15, -0.1) is 24.8 Å². The largest absolute Gasteiger partial charge is 0.508 e. The van der Waals surface area contributed by atoms with Crippen LogP contribution in [-0.4, -0.2) is 22.7 Å². The molecule has 0 amide bonds. The molecule has 1 aliphatic heterocycles. The molecule has 0 spiro atoms. The fourth-order valence-electron chi connectivity index (χ4n) is 2.58. The Kier molecular flexibility index (Phi) is 6.72. The molecule has 1 unspecified atom stereocenters. The molecule has 2 heterocycles. The van der Waals surface area contributed by atoms with E-state index in [0.29, 0.717) is 18.1 Å². The molecule has 0 saturated heterocycles. The van der Waals surface area contributed by atoms with Crippen LogP contribution in [0, 0.1) is 0 Å². The average Bonchev–Trinajstić information content (AvgIpc) is 2.82. The zero-order valence-electron chi connectivity index (χ0n) is 13.6. The maximum absolute atomic E-state index is 9.56. The highest BCUT2D eigenvalue weighted by Crippen LogP contribution is 2.42. The van der Waals surface area contributed by atoms with E-state index in [2.05, 4.69) is 4.98 Å². The number of phenolic OH excluding ortho intramolecular Hbond substituents is 1. The first-order valence-electron chi connectivity index (χ1n) is 7.32. The van der Waals surface area contributed by atoms with Gasteiger partial charge in [0.15, 0.2) is 5.60 Å². The zero-order valence-corrected chi connectivity index (χ0v) is 15.2. The Morgan fingerprint density at radius 2 is 2.08 bits per heavy atom. The summed E-state index contributed by atoms with van der Waals surface area (Å²) in [5.74, 6) is 1.61. The van der Waals surface area contributed by atoms with Gasteiger partial charge < -0.3 is 20.3 Å². The molecule has 1 aromatic carbocycles. The SMILES string of the molecule is C[C@H](N)COc1ccc(C2(C)Cc3ccc(O)cc3O2)nc1.Cl.Cl. The monoisotopic (exact) mass is 372 g/mol. The lowest BCUT2D eigenvalue weighted by atomic mass is 9.95. The van der Waals surface area contributed by atoms with Crippen LogP contribution >= 0.6 is 24.8 Å². The molecule has 7 heteroatoms. The standard InChI is InChI=1S/C17H20N2O3.2ClH/c1-11(18)10-21-14-5-6-16(19-9-14)17(2)8-12-3-4-13(20)7-15(12)22-17;;/h3-7,9,11,20H,8,10,18H2,1-2H3;2*1H/t11-,17?;;/m0../s1. The minimum Gasteiger partial charge on any atom is -0.508 e. The van der Waals surface area contributed by atoms with E-state index in [-0.39, 0.29) is 36.6 Å². The topological polar surface area (TPSA) is 77.6 Å². The summed E-state index contributed by atoms with van der Waals surface area (Å²) in [5, 5.41) is 9.56. The number of ether oxygens (including phenoxy) is 2. The van der Waals surface area contributed by atoms with Crippen molar-refractivity contribution in [2.75, 3.05) is 6.61 Å². The Bertz CT molecular complexity index is 680. The highest BCUT2D eigenvalue weighted by atomic mass is 35.5. The van der Waals surface area contributed by atoms with Gasteiger partial charge in [0, 0.05) is 18.5 Å². The fraction of sp³-hybridized carbons (Fsp3) is 0.353. The molecule has 0 fully saturated rings. The van der Waals surface area contributed by atoms with Crippen molar-refractivity contribution in [1.29, 1.82) is 0 Å². The lowest BCUT2D eigenvalue weighted by Gasteiger charge is -2.23. The van der Waals surface area contributed by atoms with Gasteiger partial charge in [0.05, 0.1) is 11.9 Å². The Labute approximate surface area is 154 Å². The maximum atomic E-state index is 9.56. The van der Waals surface area contributed by atoms with Gasteiger partial charge in [0.2, 0.25) is 0 Å². The van der Waals surface area contributed by atoms with Crippen molar-refractivity contribution >= 4 is 24.8 Å². The van der Waals surface area contributed by atoms with Crippen LogP contribution in [0.4, 0.5) is 0 Å². The molecule has 3 rings (SSSR count). The summed E-state index contributed by atoms with van der Waals surface area (Å²) in [6.45, 7) is 4.34. The van der Waals surface area contributed by atoms with Crippen molar-refractivity contribution in [2.45, 2.75) is 31.9 Å². The third-order valence-electron chi connectivity index (χ3n) is 3.70. The molecule has 3 N–H and O–H groups in total. The van der Waals surface area contributed by atoms with Crippen molar-refractivity contribution < 1.29 is 14.6 Å². The molecule has 1 aromatic heterocycles. The van der Waals surface area contributed by atoms with Crippen molar-refractivity contribution in [1.82, 2.24) is 4.98 Å². The summed E-state index contributed by atoms with van der Waals surface area (Å²) < 4.78 is 11.6. The molecule has 2 aromatic rings. The van der Waals surface area contributed by atoms with E-state index in [1.807, 2.05) is 32.0 Å². The molecule has 132 valence electrons. The van der Waals surface area contributed by atoms with Crippen LogP contribution in [-0.2, 0) is 12.0 Å². The summed E-state index contributed by atoms with van der Waals surface area (Å²) in [7, 11) is 0. The molecule has 2 atom stereocenters. The Hall–Kier alpha value is -1.69. The van der Waals surface area contributed by atoms with Gasteiger partial charge in [-0.1, -0.05) is 6.07 Å². The second kappa shape index (κ2) is 7.92. The van der Waals surface area contributed by atoms with Gasteiger partial charge in [-0.05, 0) is 37.6 Å². The normalized spacial score (nSPS) is 19.3. The molecule has 0 radical (unpaired) electrons. The van der Waals surface area contributed by atoms with E-state index >= 15 is 0 Å². The first kappa shape index (κ1) is 20.4. The number of nitrogens with two attached hydrogens (primary N) is 1. The van der Waals surface area contributed by atoms with Gasteiger partial charge in [0.1, 0.15) is 23.9 Å². The molecule has 24 heavy (non-hydrogen) atoms. The van der Waals surface area contributed by atoms with Crippen molar-refractivity contribution in [3.63, 3.8) is 0 Å². The molecule has 0 aliphatic carbocycles. The molecule has 0 bridgehead atoms. The van der Waals surface area contributed by atoms with Gasteiger partial charge in [-0.2, -0.15) is 0 Å². The fourth-order valence-corrected chi connectivity index (χ4v) is 2.58. The highest BCUT2D eigenvalue weighted by Gasteiger charge is 2.37. The number of hydrogen-bond donors (Lipinski definition) is 2. The lowest BCUT2D eigenvalue weighted by molar-refractivity contribution is 0.110. The average molecular weight is 373 g/mol. The third-order valence-corrected chi connectivity index (χ3v) is 3.70. The van der Waals surface area contributed by atoms with Crippen LogP contribution in [0.5, 0.6) is 17.2 Å². The first-order chi connectivity index (χ1) is 10.5. The Morgan fingerprint density at radius 1 is 1.33 bits per heavy atom. The van der Waals surface area contributed by atoms with Crippen LogP contribution in [0.1, 0.15) is 25.1 Å². The summed E-state index contributed by atoms with van der Waals surface area (Å²) in [5.41, 5.74) is 7.03. The number of nitrogens with zero attached hydrogens (tertiary/aromatic N) is 1. The number of hydrogen-bond acceptors (Lipinski definition) is 5. The Morgan fingerprint density at radius 3 is 2.71 bits per heavy atom. The van der Waals surface area contributed by atoms with E-state index in [1.54, 1.807) is 18.3 Å². The second-order valence-electron chi connectivity index (χ2n) is 5.97. The van der Waals surface area contributed by atoms with Gasteiger partial charge in [-0.25, -0.2) is 0 Å². The minimum absolute atomic E-state index is 0. The van der Waals surface area contributed by atoms with Gasteiger partial charge in [-0.3, -0.25) is 4.98 Å². The number of benzene rings is 1. The number of phenols is 1. The van der Waals surface area contributed by atoms with Crippen LogP contribution in [0.3, 0.4) is 0 Å². The van der Waals surface area contributed by atoms with Gasteiger partial charge in [0.25, 0.3) is 0 Å². The van der Waals surface area contributed by atoms with Crippen LogP contribution in [0.2, 0.25) is 0 Å². The molecular formula is C17H22Cl2N2O3. The zero-order chi connectivity index (χ0) is 15.7. The molecule has 5 nitrogen and oxygen atoms in total. The smallest absolute Gasteiger partial charge is 0.152 e. The van der Waals surface area contributed by atoms with E-state index in [0.717, 1.165) is 17.7 Å². The third kappa shape index (κ3) is 4.23. The molecule has 1 aliphatic rings. The number of aromatic hydroxyl groups is 1. The molecule has 0 saturated carbocycles. The van der Waals surface area contributed by atoms with Gasteiger partial charge >= 0.3 is 0 Å². The van der Waals surface area contributed by atoms with Crippen molar-refractivity contribution in [3.8, 4) is 17.2 Å². The Balaban J connectivity index is 0.00000144. The number of aromatic nitrogens is 1. The van der Waals surface area contributed by atoms with Crippen molar-refractivity contribution in [3.05, 3.63) is 47.8 Å². The van der Waals surface area contributed by atoms with E-state index in [9.17, 15) is 5.11 Å². The quantitative estimate of drug-likeness (QED) is 0.861. The number of pyridine rings is 1. The predicted molar refractivity (Wildman–Crippen MR) is 97.7 cm³/mol. The second-order valence-corrected chi connectivity index (χ2v) is 5.97. The summed E-state index contributed by atoms with van der Waals surface area (Å²) in [4.78, 5) is 4.46. The lowest BCUT2D eigenvalue weighted by Crippen LogP contribution is -2.28. The van der Waals surface area contributed by atoms with Crippen LogP contribution in [0.15, 0.2) is 36.5 Å². The van der Waals surface area contributed by atoms with E-state index < -0.39 is 5.60 Å². The van der Waals surface area contributed by atoms with Crippen LogP contribution in [0.25, 0.3) is 0 Å². The molecular weight excluding hydrogens is 351 g/mol. The summed E-state index contributed by atoms with van der Waals surface area (Å²) in [6.07, 6.45) is 2.41. The number of halogens is 2. The van der Waals surface area contributed by atoms with Crippen molar-refractivity contribution in [2.24, 2.45) is 5.73 Å². The van der Waals surface area contributed by atoms with E-state index in [4.69, 9.17) is 15.2 Å². The summed E-state index contributed by atoms with van der Waals surface area (Å²) >= 11 is 0. The number of rotatable bonds is 4. The predicted octanol–water partition coefficient (Wildman–Crippen LogP) is 3.21. The summed E-state index contributed by atoms with van der Waals surface area (Å²) in [6, 6.07) is 8.96. The number of fused-ring (bicyclic) bond motifs is 1. The van der Waals surface area contributed by atoms with E-state index in [1.165, 1.54) is 0 Å². The highest BCUT2D eigenvalue weighted by molar-refractivity contribution is 5.85.